The van der Waals surface area contributed by atoms with Crippen molar-refractivity contribution < 1.29 is 9.21 Å². The molecule has 0 saturated heterocycles. The fourth-order valence-corrected chi connectivity index (χ4v) is 2.59. The SMILES string of the molecule is O=C(/C=C/c1ccco1)NC1(c2ccccc2)CCC1. The minimum atomic E-state index is -0.189. The van der Waals surface area contributed by atoms with E-state index in [1.54, 1.807) is 18.4 Å². The van der Waals surface area contributed by atoms with Crippen LogP contribution < -0.4 is 5.32 Å². The highest BCUT2D eigenvalue weighted by Crippen LogP contribution is 2.41. The molecule has 2 aromatic rings. The molecule has 3 nitrogen and oxygen atoms in total. The third-order valence-electron chi connectivity index (χ3n) is 3.84. The zero-order valence-corrected chi connectivity index (χ0v) is 11.2. The molecule has 0 aliphatic heterocycles. The first-order valence-electron chi connectivity index (χ1n) is 6.88. The molecule has 0 unspecified atom stereocenters. The third kappa shape index (κ3) is 2.52. The second-order valence-corrected chi connectivity index (χ2v) is 5.14. The number of carbonyl (C=O) groups is 1. The monoisotopic (exact) mass is 267 g/mol. The average Bonchev–Trinajstić information content (AvgIpc) is 2.95. The number of amides is 1. The van der Waals surface area contributed by atoms with Gasteiger partial charge in [0.25, 0.3) is 0 Å². The van der Waals surface area contributed by atoms with Crippen molar-refractivity contribution in [3.63, 3.8) is 0 Å². The van der Waals surface area contributed by atoms with Crippen LogP contribution in [-0.4, -0.2) is 5.91 Å². The van der Waals surface area contributed by atoms with E-state index in [1.807, 2.05) is 24.3 Å². The van der Waals surface area contributed by atoms with Crippen LogP contribution in [0.4, 0.5) is 0 Å². The lowest BCUT2D eigenvalue weighted by atomic mass is 9.72. The molecule has 3 rings (SSSR count). The van der Waals surface area contributed by atoms with E-state index in [1.165, 1.54) is 11.6 Å². The molecular weight excluding hydrogens is 250 g/mol. The summed E-state index contributed by atoms with van der Waals surface area (Å²) in [6, 6.07) is 13.8. The van der Waals surface area contributed by atoms with Crippen molar-refractivity contribution in [1.82, 2.24) is 5.32 Å². The van der Waals surface area contributed by atoms with Gasteiger partial charge in [-0.25, -0.2) is 0 Å². The Balaban J connectivity index is 1.71. The van der Waals surface area contributed by atoms with E-state index >= 15 is 0 Å². The minimum Gasteiger partial charge on any atom is -0.465 e. The smallest absolute Gasteiger partial charge is 0.244 e. The summed E-state index contributed by atoms with van der Waals surface area (Å²) < 4.78 is 5.17. The van der Waals surface area contributed by atoms with Gasteiger partial charge in [0.2, 0.25) is 5.91 Å². The molecule has 1 saturated carbocycles. The molecule has 1 aliphatic carbocycles. The molecule has 20 heavy (non-hydrogen) atoms. The Morgan fingerprint density at radius 2 is 1.95 bits per heavy atom. The van der Waals surface area contributed by atoms with Gasteiger partial charge in [-0.05, 0) is 43.0 Å². The van der Waals surface area contributed by atoms with Gasteiger partial charge in [0, 0.05) is 6.08 Å². The first-order valence-corrected chi connectivity index (χ1v) is 6.88. The fraction of sp³-hybridized carbons (Fsp3) is 0.235. The maximum atomic E-state index is 12.1. The highest BCUT2D eigenvalue weighted by atomic mass is 16.3. The molecule has 1 fully saturated rings. The first-order chi connectivity index (χ1) is 9.78. The molecular formula is C17H17NO2. The van der Waals surface area contributed by atoms with Crippen LogP contribution in [0.15, 0.2) is 59.2 Å². The van der Waals surface area contributed by atoms with Crippen LogP contribution in [0.5, 0.6) is 0 Å². The van der Waals surface area contributed by atoms with Crippen LogP contribution in [0.25, 0.3) is 6.08 Å². The summed E-state index contributed by atoms with van der Waals surface area (Å²) in [6.45, 7) is 0. The number of furan rings is 1. The summed E-state index contributed by atoms with van der Waals surface area (Å²) in [5, 5.41) is 3.14. The topological polar surface area (TPSA) is 42.2 Å². The van der Waals surface area contributed by atoms with Crippen LogP contribution in [0, 0.1) is 0 Å². The summed E-state index contributed by atoms with van der Waals surface area (Å²) in [5.74, 6) is 0.604. The van der Waals surface area contributed by atoms with Crippen molar-refractivity contribution in [3.8, 4) is 0 Å². The molecule has 0 bridgehead atoms. The molecule has 1 N–H and O–H groups in total. The van der Waals surface area contributed by atoms with Gasteiger partial charge >= 0.3 is 0 Å². The van der Waals surface area contributed by atoms with Gasteiger partial charge < -0.3 is 9.73 Å². The Morgan fingerprint density at radius 1 is 1.15 bits per heavy atom. The standard InChI is InChI=1S/C17H17NO2/c19-16(10-9-15-8-4-13-20-15)18-17(11-5-12-17)14-6-2-1-3-7-14/h1-4,6-10,13H,5,11-12H2,(H,18,19)/b10-9+. The van der Waals surface area contributed by atoms with Crippen LogP contribution in [-0.2, 0) is 10.3 Å². The molecule has 3 heteroatoms. The molecule has 1 heterocycles. The van der Waals surface area contributed by atoms with Crippen LogP contribution in [0.2, 0.25) is 0 Å². The number of nitrogens with one attached hydrogen (secondary N) is 1. The molecule has 0 atom stereocenters. The zero-order valence-electron chi connectivity index (χ0n) is 11.2. The van der Waals surface area contributed by atoms with Crippen molar-refractivity contribution in [2.45, 2.75) is 24.8 Å². The summed E-state index contributed by atoms with van der Waals surface area (Å²) in [6.07, 6.45) is 7.95. The Labute approximate surface area is 118 Å². The third-order valence-corrected chi connectivity index (χ3v) is 3.84. The van der Waals surface area contributed by atoms with Crippen molar-refractivity contribution in [2.24, 2.45) is 0 Å². The van der Waals surface area contributed by atoms with Gasteiger partial charge in [-0.1, -0.05) is 30.3 Å². The van der Waals surface area contributed by atoms with Gasteiger partial charge in [0.05, 0.1) is 11.8 Å². The Hall–Kier alpha value is -2.29. The molecule has 1 amide bonds. The largest absolute Gasteiger partial charge is 0.465 e. The van der Waals surface area contributed by atoms with E-state index in [0.29, 0.717) is 5.76 Å². The maximum Gasteiger partial charge on any atom is 0.244 e. The second-order valence-electron chi connectivity index (χ2n) is 5.14. The van der Waals surface area contributed by atoms with E-state index < -0.39 is 0 Å². The molecule has 1 aliphatic rings. The quantitative estimate of drug-likeness (QED) is 0.862. The van der Waals surface area contributed by atoms with E-state index in [-0.39, 0.29) is 11.4 Å². The number of hydrogen-bond acceptors (Lipinski definition) is 2. The number of rotatable bonds is 4. The summed E-state index contributed by atoms with van der Waals surface area (Å²) >= 11 is 0. The lowest BCUT2D eigenvalue weighted by Gasteiger charge is -2.42. The van der Waals surface area contributed by atoms with Crippen LogP contribution in [0.1, 0.15) is 30.6 Å². The van der Waals surface area contributed by atoms with Crippen molar-refractivity contribution in [3.05, 3.63) is 66.1 Å². The van der Waals surface area contributed by atoms with Crippen LogP contribution >= 0.6 is 0 Å². The highest BCUT2D eigenvalue weighted by Gasteiger charge is 2.39. The molecule has 1 aromatic heterocycles. The first kappa shape index (κ1) is 12.7. The normalized spacial score (nSPS) is 16.8. The summed E-state index contributed by atoms with van der Waals surface area (Å²) in [7, 11) is 0. The second kappa shape index (κ2) is 5.37. The molecule has 1 aromatic carbocycles. The van der Waals surface area contributed by atoms with Crippen molar-refractivity contribution in [2.75, 3.05) is 0 Å². The van der Waals surface area contributed by atoms with Gasteiger partial charge in [0.1, 0.15) is 5.76 Å². The van der Waals surface area contributed by atoms with Gasteiger partial charge in [-0.3, -0.25) is 4.79 Å². The van der Waals surface area contributed by atoms with Gasteiger partial charge in [-0.2, -0.15) is 0 Å². The van der Waals surface area contributed by atoms with E-state index in [2.05, 4.69) is 17.4 Å². The van der Waals surface area contributed by atoms with Gasteiger partial charge in [-0.15, -0.1) is 0 Å². The zero-order chi connectivity index (χ0) is 13.8. The summed E-state index contributed by atoms with van der Waals surface area (Å²) in [4.78, 5) is 12.1. The predicted molar refractivity (Wildman–Crippen MR) is 77.9 cm³/mol. The number of hydrogen-bond donors (Lipinski definition) is 1. The summed E-state index contributed by atoms with van der Waals surface area (Å²) in [5.41, 5.74) is 0.997. The van der Waals surface area contributed by atoms with Crippen LogP contribution in [0.3, 0.4) is 0 Å². The fourth-order valence-electron chi connectivity index (χ4n) is 2.59. The highest BCUT2D eigenvalue weighted by molar-refractivity contribution is 5.92. The Kier molecular flexibility index (Phi) is 3.42. The molecule has 0 spiro atoms. The van der Waals surface area contributed by atoms with Crippen molar-refractivity contribution in [1.29, 1.82) is 0 Å². The van der Waals surface area contributed by atoms with Crippen molar-refractivity contribution >= 4 is 12.0 Å². The minimum absolute atomic E-state index is 0.0787. The van der Waals surface area contributed by atoms with E-state index in [0.717, 1.165) is 19.3 Å². The number of carbonyl (C=O) groups excluding carboxylic acids is 1. The Bertz CT molecular complexity index is 595. The van der Waals surface area contributed by atoms with E-state index in [4.69, 9.17) is 4.42 Å². The Morgan fingerprint density at radius 3 is 2.55 bits per heavy atom. The predicted octanol–water partition coefficient (Wildman–Crippen LogP) is 3.49. The lowest BCUT2D eigenvalue weighted by molar-refractivity contribution is -0.119. The van der Waals surface area contributed by atoms with E-state index in [9.17, 15) is 4.79 Å². The average molecular weight is 267 g/mol. The molecule has 102 valence electrons. The van der Waals surface area contributed by atoms with Gasteiger partial charge in [0.15, 0.2) is 0 Å². The maximum absolute atomic E-state index is 12.1. The lowest BCUT2D eigenvalue weighted by Crippen LogP contribution is -2.50. The number of benzene rings is 1. The molecule has 0 radical (unpaired) electrons.